The van der Waals surface area contributed by atoms with Crippen LogP contribution < -0.4 is 10.2 Å². The number of amides is 2. The first-order valence-corrected chi connectivity index (χ1v) is 11.6. The zero-order chi connectivity index (χ0) is 22.6. The zero-order valence-electron chi connectivity index (χ0n) is 17.9. The lowest BCUT2D eigenvalue weighted by Gasteiger charge is -2.23. The third kappa shape index (κ3) is 5.05. The number of rotatable bonds is 6. The molecule has 1 aliphatic rings. The number of hydrogen-bond donors (Lipinski definition) is 1. The summed E-state index contributed by atoms with van der Waals surface area (Å²) in [6.07, 6.45) is 0.606. The molecular formula is C22H27N3O5S. The number of nitrogens with one attached hydrogen (secondary N) is 1. The summed E-state index contributed by atoms with van der Waals surface area (Å²) in [5.74, 6) is -0.375. The Morgan fingerprint density at radius 1 is 1.13 bits per heavy atom. The van der Waals surface area contributed by atoms with E-state index in [0.29, 0.717) is 30.8 Å². The second-order valence-corrected chi connectivity index (χ2v) is 9.27. The van der Waals surface area contributed by atoms with E-state index in [1.807, 2.05) is 6.92 Å². The summed E-state index contributed by atoms with van der Waals surface area (Å²) in [7, 11) is -2.17. The average Bonchev–Trinajstić information content (AvgIpc) is 3.25. The van der Waals surface area contributed by atoms with E-state index < -0.39 is 22.2 Å². The molecule has 2 aromatic carbocycles. The summed E-state index contributed by atoms with van der Waals surface area (Å²) in [6, 6.07) is 12.5. The van der Waals surface area contributed by atoms with Crippen LogP contribution in [0.2, 0.25) is 0 Å². The van der Waals surface area contributed by atoms with E-state index in [9.17, 15) is 18.0 Å². The highest BCUT2D eigenvalue weighted by molar-refractivity contribution is 7.89. The predicted octanol–water partition coefficient (Wildman–Crippen LogP) is 3.38. The smallest absolute Gasteiger partial charge is 0.413 e. The van der Waals surface area contributed by atoms with E-state index >= 15 is 0 Å². The molecule has 2 aromatic rings. The number of carbonyl (C=O) groups excluding carboxylic acids is 2. The van der Waals surface area contributed by atoms with Crippen LogP contribution in [-0.4, -0.2) is 51.0 Å². The van der Waals surface area contributed by atoms with Gasteiger partial charge < -0.3 is 10.1 Å². The number of sulfonamides is 1. The molecule has 3 rings (SSSR count). The van der Waals surface area contributed by atoms with E-state index in [0.717, 1.165) is 5.56 Å². The molecule has 1 saturated heterocycles. The quantitative estimate of drug-likeness (QED) is 0.735. The van der Waals surface area contributed by atoms with Crippen molar-refractivity contribution in [3.63, 3.8) is 0 Å². The number of aryl methyl sites for hydroxylation is 1. The van der Waals surface area contributed by atoms with Gasteiger partial charge in [0, 0.05) is 25.0 Å². The maximum Gasteiger partial charge on any atom is 0.413 e. The van der Waals surface area contributed by atoms with Crippen molar-refractivity contribution < 1.29 is 22.7 Å². The second-order valence-electron chi connectivity index (χ2n) is 7.38. The molecule has 0 spiro atoms. The molecule has 0 unspecified atom stereocenters. The lowest BCUT2D eigenvalue weighted by atomic mass is 10.2. The molecule has 31 heavy (non-hydrogen) atoms. The van der Waals surface area contributed by atoms with Gasteiger partial charge in [-0.2, -0.15) is 4.31 Å². The summed E-state index contributed by atoms with van der Waals surface area (Å²) < 4.78 is 32.3. The summed E-state index contributed by atoms with van der Waals surface area (Å²) in [6.45, 7) is 4.20. The Hall–Kier alpha value is -2.91. The molecule has 166 valence electrons. The molecule has 1 aliphatic heterocycles. The Morgan fingerprint density at radius 2 is 1.77 bits per heavy atom. The van der Waals surface area contributed by atoms with Crippen molar-refractivity contribution in [1.82, 2.24) is 4.31 Å². The number of nitrogens with zero attached hydrogens (tertiary/aromatic N) is 2. The highest BCUT2D eigenvalue weighted by atomic mass is 32.2. The molecule has 0 saturated carbocycles. The number of ether oxygens (including phenoxy) is 1. The highest BCUT2D eigenvalue weighted by Crippen LogP contribution is 2.27. The number of benzene rings is 2. The van der Waals surface area contributed by atoms with Gasteiger partial charge in [0.05, 0.1) is 11.5 Å². The molecular weight excluding hydrogens is 418 g/mol. The van der Waals surface area contributed by atoms with Crippen molar-refractivity contribution in [1.29, 1.82) is 0 Å². The Balaban J connectivity index is 1.71. The standard InChI is InChI=1S/C22H27N3O5S/c1-4-30-22(27)24(3)18-11-9-17(10-12-18)23-21(26)20-6-5-15-25(20)31(28,29)19-13-7-16(2)8-14-19/h7-14,20H,4-6,15H2,1-3H3,(H,23,26)/t20-/m0/s1. The number of hydrogen-bond acceptors (Lipinski definition) is 5. The SMILES string of the molecule is CCOC(=O)N(C)c1ccc(NC(=O)[C@@H]2CCCN2S(=O)(=O)c2ccc(C)cc2)cc1. The molecule has 1 heterocycles. The molecule has 8 nitrogen and oxygen atoms in total. The topological polar surface area (TPSA) is 96.0 Å². The maximum atomic E-state index is 13.0. The Labute approximate surface area is 182 Å². The van der Waals surface area contributed by atoms with Crippen molar-refractivity contribution in [3.8, 4) is 0 Å². The van der Waals surface area contributed by atoms with Crippen LogP contribution in [-0.2, 0) is 19.6 Å². The summed E-state index contributed by atoms with van der Waals surface area (Å²) in [4.78, 5) is 26.2. The molecule has 1 fully saturated rings. The van der Waals surface area contributed by atoms with Crippen LogP contribution in [0.25, 0.3) is 0 Å². The minimum absolute atomic E-state index is 0.184. The normalized spacial score (nSPS) is 16.7. The average molecular weight is 446 g/mol. The largest absolute Gasteiger partial charge is 0.449 e. The van der Waals surface area contributed by atoms with E-state index in [2.05, 4.69) is 5.32 Å². The fourth-order valence-corrected chi connectivity index (χ4v) is 5.11. The summed E-state index contributed by atoms with van der Waals surface area (Å²) in [5.41, 5.74) is 2.10. The second kappa shape index (κ2) is 9.49. The molecule has 1 N–H and O–H groups in total. The first kappa shape index (κ1) is 22.8. The van der Waals surface area contributed by atoms with Gasteiger partial charge >= 0.3 is 6.09 Å². The van der Waals surface area contributed by atoms with Gasteiger partial charge in [0.1, 0.15) is 6.04 Å². The number of anilines is 2. The summed E-state index contributed by atoms with van der Waals surface area (Å²) in [5, 5.41) is 2.79. The van der Waals surface area contributed by atoms with E-state index in [1.54, 1.807) is 62.5 Å². The van der Waals surface area contributed by atoms with Crippen molar-refractivity contribution in [3.05, 3.63) is 54.1 Å². The van der Waals surface area contributed by atoms with Gasteiger partial charge in [0.15, 0.2) is 0 Å². The predicted molar refractivity (Wildman–Crippen MR) is 119 cm³/mol. The van der Waals surface area contributed by atoms with Crippen LogP contribution in [0.3, 0.4) is 0 Å². The Kier molecular flexibility index (Phi) is 6.97. The molecule has 0 radical (unpaired) electrons. The lowest BCUT2D eigenvalue weighted by molar-refractivity contribution is -0.119. The zero-order valence-corrected chi connectivity index (χ0v) is 18.7. The van der Waals surface area contributed by atoms with Gasteiger partial charge in [-0.25, -0.2) is 13.2 Å². The first-order valence-electron chi connectivity index (χ1n) is 10.1. The Morgan fingerprint density at radius 3 is 2.39 bits per heavy atom. The van der Waals surface area contributed by atoms with Crippen LogP contribution in [0.15, 0.2) is 53.4 Å². The summed E-state index contributed by atoms with van der Waals surface area (Å²) >= 11 is 0. The third-order valence-corrected chi connectivity index (χ3v) is 7.12. The molecule has 0 aliphatic carbocycles. The fourth-order valence-electron chi connectivity index (χ4n) is 3.46. The monoisotopic (exact) mass is 445 g/mol. The van der Waals surface area contributed by atoms with Crippen molar-refractivity contribution in [2.75, 3.05) is 30.4 Å². The van der Waals surface area contributed by atoms with Gasteiger partial charge in [0.25, 0.3) is 0 Å². The number of carbonyl (C=O) groups is 2. The van der Waals surface area contributed by atoms with Crippen molar-refractivity contribution in [2.45, 2.75) is 37.6 Å². The minimum atomic E-state index is -3.76. The molecule has 0 bridgehead atoms. The highest BCUT2D eigenvalue weighted by Gasteiger charge is 2.39. The van der Waals surface area contributed by atoms with Gasteiger partial charge in [-0.05, 0) is 63.1 Å². The van der Waals surface area contributed by atoms with Crippen LogP contribution >= 0.6 is 0 Å². The Bertz CT molecular complexity index is 1040. The maximum absolute atomic E-state index is 13.0. The van der Waals surface area contributed by atoms with Gasteiger partial charge in [-0.15, -0.1) is 0 Å². The van der Waals surface area contributed by atoms with Crippen LogP contribution in [0.1, 0.15) is 25.3 Å². The lowest BCUT2D eigenvalue weighted by Crippen LogP contribution is -2.43. The molecule has 2 amide bonds. The fraction of sp³-hybridized carbons (Fsp3) is 0.364. The van der Waals surface area contributed by atoms with Crippen LogP contribution in [0.4, 0.5) is 16.2 Å². The molecule has 1 atom stereocenters. The van der Waals surface area contributed by atoms with Crippen LogP contribution in [0.5, 0.6) is 0 Å². The minimum Gasteiger partial charge on any atom is -0.449 e. The van der Waals surface area contributed by atoms with E-state index in [-0.39, 0.29) is 17.4 Å². The first-order chi connectivity index (χ1) is 14.7. The van der Waals surface area contributed by atoms with Crippen molar-refractivity contribution in [2.24, 2.45) is 0 Å². The molecule has 0 aromatic heterocycles. The van der Waals surface area contributed by atoms with E-state index in [1.165, 1.54) is 9.21 Å². The van der Waals surface area contributed by atoms with Crippen LogP contribution in [0, 0.1) is 6.92 Å². The van der Waals surface area contributed by atoms with E-state index in [4.69, 9.17) is 4.74 Å². The molecule has 9 heteroatoms. The third-order valence-electron chi connectivity index (χ3n) is 5.20. The van der Waals surface area contributed by atoms with Gasteiger partial charge in [-0.1, -0.05) is 17.7 Å². The van der Waals surface area contributed by atoms with Crippen molar-refractivity contribution >= 4 is 33.4 Å². The van der Waals surface area contributed by atoms with Gasteiger partial charge in [0.2, 0.25) is 15.9 Å². The van der Waals surface area contributed by atoms with Gasteiger partial charge in [-0.3, -0.25) is 9.69 Å².